The maximum atomic E-state index is 12.7. The minimum absolute atomic E-state index is 0. The van der Waals surface area contributed by atoms with Crippen LogP contribution in [-0.4, -0.2) is 42.0 Å². The number of nitrogens with zero attached hydrogens (tertiary/aromatic N) is 1. The first kappa shape index (κ1) is 16.5. The lowest BCUT2D eigenvalue weighted by molar-refractivity contribution is 0.0741. The highest BCUT2D eigenvalue weighted by atomic mass is 35.5. The summed E-state index contributed by atoms with van der Waals surface area (Å²) < 4.78 is 0. The van der Waals surface area contributed by atoms with Gasteiger partial charge < -0.3 is 15.2 Å². The number of aromatic amines is 1. The first-order valence-electron chi connectivity index (χ1n) is 7.19. The zero-order valence-corrected chi connectivity index (χ0v) is 13.5. The van der Waals surface area contributed by atoms with Crippen LogP contribution in [0.5, 0.6) is 0 Å². The van der Waals surface area contributed by atoms with Gasteiger partial charge in [-0.1, -0.05) is 18.2 Å². The van der Waals surface area contributed by atoms with E-state index in [1.165, 1.54) is 0 Å². The van der Waals surface area contributed by atoms with Gasteiger partial charge in [-0.25, -0.2) is 0 Å². The molecule has 118 valence electrons. The molecular formula is C16H20ClN3O2. The smallest absolute Gasteiger partial charge is 0.261 e. The van der Waals surface area contributed by atoms with Gasteiger partial charge in [-0.2, -0.15) is 0 Å². The quantitative estimate of drug-likeness (QED) is 0.884. The maximum Gasteiger partial charge on any atom is 0.261 e. The lowest BCUT2D eigenvalue weighted by Crippen LogP contribution is -2.41. The van der Waals surface area contributed by atoms with Gasteiger partial charge in [-0.05, 0) is 31.5 Å². The number of benzene rings is 1. The van der Waals surface area contributed by atoms with Crippen molar-refractivity contribution in [1.82, 2.24) is 15.2 Å². The number of carbonyl (C=O) groups is 1. The van der Waals surface area contributed by atoms with Crippen LogP contribution in [0.3, 0.4) is 0 Å². The summed E-state index contributed by atoms with van der Waals surface area (Å²) in [5.41, 5.74) is 1.45. The fourth-order valence-corrected chi connectivity index (χ4v) is 2.98. The Morgan fingerprint density at radius 3 is 2.73 bits per heavy atom. The first-order chi connectivity index (χ1) is 10.1. The number of pyridine rings is 1. The topological polar surface area (TPSA) is 65.2 Å². The number of likely N-dealkylation sites (N-methyl/N-ethyl adjacent to an activating group) is 1. The van der Waals surface area contributed by atoms with Gasteiger partial charge in [-0.15, -0.1) is 12.4 Å². The highest BCUT2D eigenvalue weighted by molar-refractivity contribution is 5.99. The van der Waals surface area contributed by atoms with Crippen LogP contribution in [0, 0.1) is 6.92 Å². The SMILES string of the molecule is Cc1c(C(=O)N(C)C2CCNC2)c(=O)[nH]c2ccccc12.Cl. The summed E-state index contributed by atoms with van der Waals surface area (Å²) in [4.78, 5) is 29.5. The number of rotatable bonds is 2. The van der Waals surface area contributed by atoms with Crippen molar-refractivity contribution in [2.45, 2.75) is 19.4 Å². The van der Waals surface area contributed by atoms with E-state index in [1.807, 2.05) is 31.2 Å². The monoisotopic (exact) mass is 321 g/mol. The van der Waals surface area contributed by atoms with E-state index >= 15 is 0 Å². The van der Waals surface area contributed by atoms with Crippen LogP contribution in [0.25, 0.3) is 10.9 Å². The van der Waals surface area contributed by atoms with Gasteiger partial charge in [-0.3, -0.25) is 9.59 Å². The van der Waals surface area contributed by atoms with E-state index in [2.05, 4.69) is 10.3 Å². The molecule has 0 radical (unpaired) electrons. The van der Waals surface area contributed by atoms with Crippen LogP contribution in [0.2, 0.25) is 0 Å². The second kappa shape index (κ2) is 6.50. The number of nitrogens with one attached hydrogen (secondary N) is 2. The second-order valence-electron chi connectivity index (χ2n) is 5.56. The molecule has 3 rings (SSSR count). The van der Waals surface area contributed by atoms with Crippen LogP contribution in [0.1, 0.15) is 22.3 Å². The fourth-order valence-electron chi connectivity index (χ4n) is 2.98. The predicted octanol–water partition coefficient (Wildman–Crippen LogP) is 1.69. The van der Waals surface area contributed by atoms with E-state index in [0.29, 0.717) is 0 Å². The molecule has 1 unspecified atom stereocenters. The number of aromatic nitrogens is 1. The number of para-hydroxylation sites is 1. The number of hydrogen-bond donors (Lipinski definition) is 2. The van der Waals surface area contributed by atoms with Crippen molar-refractivity contribution in [3.05, 3.63) is 45.7 Å². The average molecular weight is 322 g/mol. The lowest BCUT2D eigenvalue weighted by atomic mass is 10.0. The van der Waals surface area contributed by atoms with Gasteiger partial charge in [0.1, 0.15) is 5.56 Å². The number of amides is 1. The molecule has 1 saturated heterocycles. The molecule has 1 fully saturated rings. The second-order valence-corrected chi connectivity index (χ2v) is 5.56. The highest BCUT2D eigenvalue weighted by Gasteiger charge is 2.27. The molecule has 0 bridgehead atoms. The van der Waals surface area contributed by atoms with E-state index < -0.39 is 0 Å². The number of H-pyrrole nitrogens is 1. The molecule has 2 aromatic rings. The summed E-state index contributed by atoms with van der Waals surface area (Å²) in [5, 5.41) is 4.15. The third kappa shape index (κ3) is 2.74. The van der Waals surface area contributed by atoms with E-state index in [4.69, 9.17) is 0 Å². The number of fused-ring (bicyclic) bond motifs is 1. The molecule has 6 heteroatoms. The van der Waals surface area contributed by atoms with E-state index in [-0.39, 0.29) is 35.5 Å². The van der Waals surface area contributed by atoms with Crippen molar-refractivity contribution >= 4 is 29.2 Å². The molecule has 1 atom stereocenters. The summed E-state index contributed by atoms with van der Waals surface area (Å²) >= 11 is 0. The Balaban J connectivity index is 0.00000176. The Labute approximate surface area is 135 Å². The van der Waals surface area contributed by atoms with Crippen molar-refractivity contribution in [3.8, 4) is 0 Å². The number of hydrogen-bond acceptors (Lipinski definition) is 3. The minimum atomic E-state index is -0.311. The van der Waals surface area contributed by atoms with Gasteiger partial charge in [0, 0.05) is 30.5 Å². The van der Waals surface area contributed by atoms with Crippen molar-refractivity contribution in [2.24, 2.45) is 0 Å². The summed E-state index contributed by atoms with van der Waals surface area (Å²) in [5.74, 6) is -0.201. The van der Waals surface area contributed by atoms with Crippen LogP contribution in [0.4, 0.5) is 0 Å². The molecule has 0 aliphatic carbocycles. The van der Waals surface area contributed by atoms with Crippen molar-refractivity contribution < 1.29 is 4.79 Å². The van der Waals surface area contributed by atoms with E-state index in [1.54, 1.807) is 11.9 Å². The van der Waals surface area contributed by atoms with Crippen molar-refractivity contribution in [3.63, 3.8) is 0 Å². The maximum absolute atomic E-state index is 12.7. The van der Waals surface area contributed by atoms with E-state index in [0.717, 1.165) is 36.0 Å². The molecule has 5 nitrogen and oxygen atoms in total. The van der Waals surface area contributed by atoms with Gasteiger partial charge >= 0.3 is 0 Å². The molecule has 22 heavy (non-hydrogen) atoms. The Morgan fingerprint density at radius 1 is 1.32 bits per heavy atom. The number of halogens is 1. The van der Waals surface area contributed by atoms with Gasteiger partial charge in [0.25, 0.3) is 11.5 Å². The zero-order chi connectivity index (χ0) is 15.0. The first-order valence-corrected chi connectivity index (χ1v) is 7.19. The van der Waals surface area contributed by atoms with Crippen molar-refractivity contribution in [1.29, 1.82) is 0 Å². The molecule has 2 N–H and O–H groups in total. The summed E-state index contributed by atoms with van der Waals surface area (Å²) in [7, 11) is 1.77. The standard InChI is InChI=1S/C16H19N3O2.ClH/c1-10-12-5-3-4-6-13(12)18-15(20)14(10)16(21)19(2)11-7-8-17-9-11;/h3-6,11,17H,7-9H2,1-2H3,(H,18,20);1H. The number of aryl methyl sites for hydroxylation is 1. The lowest BCUT2D eigenvalue weighted by Gasteiger charge is -2.24. The van der Waals surface area contributed by atoms with Crippen LogP contribution >= 0.6 is 12.4 Å². The third-order valence-electron chi connectivity index (χ3n) is 4.30. The van der Waals surface area contributed by atoms with Gasteiger partial charge in [0.2, 0.25) is 0 Å². The molecule has 1 amide bonds. The van der Waals surface area contributed by atoms with Crippen molar-refractivity contribution in [2.75, 3.05) is 20.1 Å². The fraction of sp³-hybridized carbons (Fsp3) is 0.375. The van der Waals surface area contributed by atoms with Gasteiger partial charge in [0.15, 0.2) is 0 Å². The zero-order valence-electron chi connectivity index (χ0n) is 12.7. The van der Waals surface area contributed by atoms with E-state index in [9.17, 15) is 9.59 Å². The van der Waals surface area contributed by atoms with Crippen LogP contribution in [-0.2, 0) is 0 Å². The molecule has 0 spiro atoms. The summed E-state index contributed by atoms with van der Waals surface area (Å²) in [6.45, 7) is 3.54. The molecular weight excluding hydrogens is 302 g/mol. The Morgan fingerprint density at radius 2 is 2.05 bits per heavy atom. The molecule has 1 aromatic heterocycles. The summed E-state index contributed by atoms with van der Waals surface area (Å²) in [6, 6.07) is 7.71. The third-order valence-corrected chi connectivity index (χ3v) is 4.30. The predicted molar refractivity (Wildman–Crippen MR) is 89.9 cm³/mol. The Kier molecular flexibility index (Phi) is 4.88. The molecule has 0 saturated carbocycles. The van der Waals surface area contributed by atoms with Gasteiger partial charge in [0.05, 0.1) is 0 Å². The Bertz CT molecular complexity index is 751. The Hall–Kier alpha value is -1.85. The minimum Gasteiger partial charge on any atom is -0.337 e. The largest absolute Gasteiger partial charge is 0.337 e. The normalized spacial score (nSPS) is 17.3. The number of carbonyl (C=O) groups excluding carboxylic acids is 1. The average Bonchev–Trinajstić information content (AvgIpc) is 3.00. The molecule has 2 heterocycles. The van der Waals surface area contributed by atoms with Crippen LogP contribution < -0.4 is 10.9 Å². The molecule has 1 aliphatic heterocycles. The summed E-state index contributed by atoms with van der Waals surface area (Å²) in [6.07, 6.45) is 0.923. The van der Waals surface area contributed by atoms with Crippen LogP contribution in [0.15, 0.2) is 29.1 Å². The molecule has 1 aromatic carbocycles. The molecule has 1 aliphatic rings. The highest BCUT2D eigenvalue weighted by Crippen LogP contribution is 2.19.